The highest BCUT2D eigenvalue weighted by molar-refractivity contribution is 5.92. The Kier molecular flexibility index (Phi) is 4.68. The van der Waals surface area contributed by atoms with Crippen LogP contribution in [0, 0.1) is 0 Å². The van der Waals surface area contributed by atoms with Crippen LogP contribution in [0.5, 0.6) is 5.75 Å². The summed E-state index contributed by atoms with van der Waals surface area (Å²) in [4.78, 5) is 22.9. The van der Waals surface area contributed by atoms with E-state index in [2.05, 4.69) is 5.10 Å². The fourth-order valence-corrected chi connectivity index (χ4v) is 1.74. The minimum atomic E-state index is -0.488. The standard InChI is InChI=1S/C14H16N4O3/c15-5-6-21-12-7-13(19)18(17-8-12)9-10-1-3-11(4-2-10)14(16)20/h1-4,7-8H,5-6,9,15H2,(H2,16,20). The summed E-state index contributed by atoms with van der Waals surface area (Å²) in [6, 6.07) is 8.05. The predicted octanol–water partition coefficient (Wildman–Crippen LogP) is -0.272. The number of nitrogens with zero attached hydrogens (tertiary/aromatic N) is 2. The Hall–Kier alpha value is -2.67. The number of hydrogen-bond donors (Lipinski definition) is 2. The van der Waals surface area contributed by atoms with Gasteiger partial charge >= 0.3 is 0 Å². The van der Waals surface area contributed by atoms with E-state index in [4.69, 9.17) is 16.2 Å². The average molecular weight is 288 g/mol. The van der Waals surface area contributed by atoms with Crippen molar-refractivity contribution in [3.8, 4) is 5.75 Å². The molecule has 0 unspecified atom stereocenters. The molecule has 1 heterocycles. The van der Waals surface area contributed by atoms with Crippen molar-refractivity contribution in [2.45, 2.75) is 6.54 Å². The minimum absolute atomic E-state index is 0.275. The van der Waals surface area contributed by atoms with E-state index < -0.39 is 5.91 Å². The van der Waals surface area contributed by atoms with Crippen LogP contribution in [0.3, 0.4) is 0 Å². The number of amides is 1. The zero-order chi connectivity index (χ0) is 15.2. The molecule has 1 amide bonds. The third-order valence-electron chi connectivity index (χ3n) is 2.80. The SMILES string of the molecule is NCCOc1cnn(Cc2ccc(C(N)=O)cc2)c(=O)c1. The van der Waals surface area contributed by atoms with Gasteiger partial charge in [-0.1, -0.05) is 12.1 Å². The molecule has 0 radical (unpaired) electrons. The second-order valence-corrected chi connectivity index (χ2v) is 4.39. The summed E-state index contributed by atoms with van der Waals surface area (Å²) >= 11 is 0. The van der Waals surface area contributed by atoms with Gasteiger partial charge in [0.2, 0.25) is 5.91 Å². The smallest absolute Gasteiger partial charge is 0.270 e. The van der Waals surface area contributed by atoms with E-state index in [1.807, 2.05) is 0 Å². The summed E-state index contributed by atoms with van der Waals surface area (Å²) in [6.45, 7) is 1.00. The number of aromatic nitrogens is 2. The van der Waals surface area contributed by atoms with Gasteiger partial charge in [0, 0.05) is 18.2 Å². The van der Waals surface area contributed by atoms with E-state index in [-0.39, 0.29) is 5.56 Å². The first kappa shape index (κ1) is 14.7. The summed E-state index contributed by atoms with van der Waals surface area (Å²) < 4.78 is 6.53. The molecule has 110 valence electrons. The Labute approximate surface area is 121 Å². The Balaban J connectivity index is 2.12. The van der Waals surface area contributed by atoms with Gasteiger partial charge in [0.05, 0.1) is 12.7 Å². The highest BCUT2D eigenvalue weighted by atomic mass is 16.5. The monoisotopic (exact) mass is 288 g/mol. The number of benzene rings is 1. The number of primary amides is 1. The number of nitrogens with two attached hydrogens (primary N) is 2. The molecule has 2 rings (SSSR count). The molecule has 0 saturated carbocycles. The molecule has 0 atom stereocenters. The number of carbonyl (C=O) groups excluding carboxylic acids is 1. The minimum Gasteiger partial charge on any atom is -0.490 e. The average Bonchev–Trinajstić information content (AvgIpc) is 2.48. The molecular formula is C14H16N4O3. The highest BCUT2D eigenvalue weighted by Crippen LogP contribution is 2.06. The lowest BCUT2D eigenvalue weighted by molar-refractivity contribution is 0.100. The van der Waals surface area contributed by atoms with Gasteiger partial charge in [-0.25, -0.2) is 4.68 Å². The maximum absolute atomic E-state index is 11.9. The molecule has 7 nitrogen and oxygen atoms in total. The van der Waals surface area contributed by atoms with Crippen LogP contribution < -0.4 is 21.8 Å². The molecule has 0 aliphatic rings. The molecule has 4 N–H and O–H groups in total. The van der Waals surface area contributed by atoms with E-state index in [0.717, 1.165) is 5.56 Å². The molecule has 0 aliphatic heterocycles. The fraction of sp³-hybridized carbons (Fsp3) is 0.214. The van der Waals surface area contributed by atoms with Crippen LogP contribution >= 0.6 is 0 Å². The van der Waals surface area contributed by atoms with Crippen molar-refractivity contribution in [2.75, 3.05) is 13.2 Å². The molecule has 0 aliphatic carbocycles. The third kappa shape index (κ3) is 3.90. The second kappa shape index (κ2) is 6.67. The molecule has 1 aromatic heterocycles. The van der Waals surface area contributed by atoms with Crippen molar-refractivity contribution in [3.05, 3.63) is 58.0 Å². The maximum Gasteiger partial charge on any atom is 0.270 e. The van der Waals surface area contributed by atoms with Crippen molar-refractivity contribution in [1.82, 2.24) is 9.78 Å². The zero-order valence-corrected chi connectivity index (χ0v) is 11.4. The van der Waals surface area contributed by atoms with E-state index in [1.54, 1.807) is 24.3 Å². The predicted molar refractivity (Wildman–Crippen MR) is 77.1 cm³/mol. The largest absolute Gasteiger partial charge is 0.490 e. The van der Waals surface area contributed by atoms with Gasteiger partial charge in [0.15, 0.2) is 0 Å². The van der Waals surface area contributed by atoms with Gasteiger partial charge in [-0.15, -0.1) is 0 Å². The molecule has 1 aromatic carbocycles. The van der Waals surface area contributed by atoms with Crippen LogP contribution in [-0.4, -0.2) is 28.8 Å². The van der Waals surface area contributed by atoms with Gasteiger partial charge in [0.1, 0.15) is 12.4 Å². The summed E-state index contributed by atoms with van der Waals surface area (Å²) in [5.41, 5.74) is 11.5. The number of ether oxygens (including phenoxy) is 1. The summed E-state index contributed by atoms with van der Waals surface area (Å²) in [6.07, 6.45) is 1.47. The number of carbonyl (C=O) groups is 1. The Bertz CT molecular complexity index is 679. The zero-order valence-electron chi connectivity index (χ0n) is 11.4. The normalized spacial score (nSPS) is 10.3. The Morgan fingerprint density at radius 3 is 2.57 bits per heavy atom. The lowest BCUT2D eigenvalue weighted by atomic mass is 10.1. The first-order chi connectivity index (χ1) is 10.1. The summed E-state index contributed by atoms with van der Waals surface area (Å²) in [7, 11) is 0. The molecule has 0 bridgehead atoms. The van der Waals surface area contributed by atoms with Gasteiger partial charge in [-0.3, -0.25) is 9.59 Å². The maximum atomic E-state index is 11.9. The van der Waals surface area contributed by atoms with Crippen molar-refractivity contribution in [1.29, 1.82) is 0 Å². The van der Waals surface area contributed by atoms with Crippen molar-refractivity contribution in [2.24, 2.45) is 11.5 Å². The molecule has 0 saturated heterocycles. The molecule has 7 heteroatoms. The molecule has 2 aromatic rings. The lowest BCUT2D eigenvalue weighted by Gasteiger charge is -2.07. The van der Waals surface area contributed by atoms with Crippen LogP contribution in [-0.2, 0) is 6.54 Å². The quantitative estimate of drug-likeness (QED) is 0.759. The van der Waals surface area contributed by atoms with Gasteiger partial charge < -0.3 is 16.2 Å². The van der Waals surface area contributed by atoms with Crippen LogP contribution in [0.15, 0.2) is 41.3 Å². The fourth-order valence-electron chi connectivity index (χ4n) is 1.74. The number of hydrogen-bond acceptors (Lipinski definition) is 5. The van der Waals surface area contributed by atoms with E-state index in [0.29, 0.717) is 31.0 Å². The molecule has 0 spiro atoms. The molecular weight excluding hydrogens is 272 g/mol. The lowest BCUT2D eigenvalue weighted by Crippen LogP contribution is -2.23. The molecule has 21 heavy (non-hydrogen) atoms. The van der Waals surface area contributed by atoms with E-state index in [1.165, 1.54) is 16.9 Å². The van der Waals surface area contributed by atoms with E-state index >= 15 is 0 Å². The van der Waals surface area contributed by atoms with Crippen molar-refractivity contribution >= 4 is 5.91 Å². The molecule has 0 fully saturated rings. The van der Waals surface area contributed by atoms with Crippen LogP contribution in [0.1, 0.15) is 15.9 Å². The first-order valence-electron chi connectivity index (χ1n) is 6.39. The Morgan fingerprint density at radius 2 is 2.00 bits per heavy atom. The highest BCUT2D eigenvalue weighted by Gasteiger charge is 2.04. The van der Waals surface area contributed by atoms with Gasteiger partial charge in [-0.05, 0) is 17.7 Å². The van der Waals surface area contributed by atoms with Gasteiger partial charge in [-0.2, -0.15) is 5.10 Å². The number of rotatable bonds is 6. The first-order valence-corrected chi connectivity index (χ1v) is 6.39. The third-order valence-corrected chi connectivity index (χ3v) is 2.80. The van der Waals surface area contributed by atoms with Crippen LogP contribution in [0.2, 0.25) is 0 Å². The van der Waals surface area contributed by atoms with Crippen LogP contribution in [0.4, 0.5) is 0 Å². The van der Waals surface area contributed by atoms with Crippen molar-refractivity contribution < 1.29 is 9.53 Å². The van der Waals surface area contributed by atoms with Crippen molar-refractivity contribution in [3.63, 3.8) is 0 Å². The van der Waals surface area contributed by atoms with Crippen LogP contribution in [0.25, 0.3) is 0 Å². The summed E-state index contributed by atoms with van der Waals surface area (Å²) in [5.74, 6) is -0.0935. The summed E-state index contributed by atoms with van der Waals surface area (Å²) in [5, 5.41) is 4.03. The van der Waals surface area contributed by atoms with Gasteiger partial charge in [0.25, 0.3) is 5.56 Å². The Morgan fingerprint density at radius 1 is 1.29 bits per heavy atom. The second-order valence-electron chi connectivity index (χ2n) is 4.39. The topological polar surface area (TPSA) is 113 Å². The van der Waals surface area contributed by atoms with E-state index in [9.17, 15) is 9.59 Å².